The summed E-state index contributed by atoms with van der Waals surface area (Å²) in [6.45, 7) is 0.0615. The summed E-state index contributed by atoms with van der Waals surface area (Å²) >= 11 is 3.54. The van der Waals surface area contributed by atoms with E-state index in [-0.39, 0.29) is 24.0 Å². The zero-order chi connectivity index (χ0) is 22.2. The molecule has 0 unspecified atom stereocenters. The molecule has 2 aromatic rings. The lowest BCUT2D eigenvalue weighted by atomic mass is 9.71. The molecular formula is C26H23BrFNO3. The van der Waals surface area contributed by atoms with Crippen LogP contribution in [-0.4, -0.2) is 11.6 Å². The lowest BCUT2D eigenvalue weighted by Crippen LogP contribution is -2.36. The Morgan fingerprint density at radius 2 is 1.59 bits per heavy atom. The third-order valence-corrected chi connectivity index (χ3v) is 6.91. The highest BCUT2D eigenvalue weighted by Crippen LogP contribution is 2.48. The minimum Gasteiger partial charge on any atom is -0.488 e. The van der Waals surface area contributed by atoms with Crippen LogP contribution in [0, 0.1) is 5.82 Å². The number of Topliss-reactive ketones (excluding diaryl/α,β-unsaturated/α-hetero) is 2. The third-order valence-electron chi connectivity index (χ3n) is 6.42. The Morgan fingerprint density at radius 1 is 0.938 bits per heavy atom. The highest BCUT2D eigenvalue weighted by molar-refractivity contribution is 9.10. The fraction of sp³-hybridized carbons (Fsp3) is 0.308. The van der Waals surface area contributed by atoms with Crippen LogP contribution in [-0.2, 0) is 16.2 Å². The van der Waals surface area contributed by atoms with Crippen molar-refractivity contribution in [3.05, 3.63) is 86.4 Å². The number of hydrogen-bond acceptors (Lipinski definition) is 4. The van der Waals surface area contributed by atoms with E-state index in [1.54, 1.807) is 18.2 Å². The van der Waals surface area contributed by atoms with Gasteiger partial charge in [-0.05, 0) is 49.9 Å². The monoisotopic (exact) mass is 495 g/mol. The minimum atomic E-state index is -0.463. The fourth-order valence-electron chi connectivity index (χ4n) is 4.94. The highest BCUT2D eigenvalue weighted by atomic mass is 79.9. The number of carbonyl (C=O) groups excluding carboxylic acids is 2. The molecule has 5 rings (SSSR count). The van der Waals surface area contributed by atoms with Crippen LogP contribution in [0.1, 0.15) is 55.6 Å². The largest absolute Gasteiger partial charge is 0.488 e. The molecule has 6 heteroatoms. The Kier molecular flexibility index (Phi) is 5.72. The second-order valence-corrected chi connectivity index (χ2v) is 9.37. The number of ketones is 2. The summed E-state index contributed by atoms with van der Waals surface area (Å²) in [6.07, 6.45) is 4.16. The Labute approximate surface area is 194 Å². The van der Waals surface area contributed by atoms with E-state index < -0.39 is 5.92 Å². The van der Waals surface area contributed by atoms with Crippen molar-refractivity contribution >= 4 is 27.5 Å². The summed E-state index contributed by atoms with van der Waals surface area (Å²) in [5.41, 5.74) is 4.44. The van der Waals surface area contributed by atoms with E-state index in [4.69, 9.17) is 4.74 Å². The molecule has 2 aliphatic carbocycles. The molecule has 3 aliphatic rings. The molecule has 0 saturated heterocycles. The van der Waals surface area contributed by atoms with Gasteiger partial charge in [-0.15, -0.1) is 0 Å². The number of ether oxygens (including phenoxy) is 1. The summed E-state index contributed by atoms with van der Waals surface area (Å²) in [4.78, 5) is 26.2. The molecule has 164 valence electrons. The summed E-state index contributed by atoms with van der Waals surface area (Å²) in [5.74, 6) is -0.0795. The first kappa shape index (κ1) is 21.1. The predicted octanol–water partition coefficient (Wildman–Crippen LogP) is 5.87. The van der Waals surface area contributed by atoms with Crippen LogP contribution in [0.25, 0.3) is 0 Å². The molecule has 4 nitrogen and oxygen atoms in total. The number of hydrogen-bond donors (Lipinski definition) is 1. The SMILES string of the molecule is O=C1CCCC2=C1C(c1cc(Br)ccc1OCc1ccccc1F)C1=C(CCCC1=O)N2. The number of dihydropyridines is 1. The molecule has 0 amide bonds. The van der Waals surface area contributed by atoms with E-state index in [0.717, 1.165) is 47.1 Å². The van der Waals surface area contributed by atoms with Gasteiger partial charge in [0.05, 0.1) is 0 Å². The Balaban J connectivity index is 1.61. The maximum absolute atomic E-state index is 14.2. The van der Waals surface area contributed by atoms with E-state index >= 15 is 0 Å². The second kappa shape index (κ2) is 8.66. The predicted molar refractivity (Wildman–Crippen MR) is 123 cm³/mol. The van der Waals surface area contributed by atoms with Crippen molar-refractivity contribution in [3.63, 3.8) is 0 Å². The van der Waals surface area contributed by atoms with Crippen molar-refractivity contribution in [3.8, 4) is 5.75 Å². The number of nitrogens with one attached hydrogen (secondary N) is 1. The van der Waals surface area contributed by atoms with Crippen molar-refractivity contribution in [1.29, 1.82) is 0 Å². The van der Waals surface area contributed by atoms with Gasteiger partial charge in [0, 0.05) is 56.9 Å². The molecule has 0 fully saturated rings. The summed E-state index contributed by atoms with van der Waals surface area (Å²) in [7, 11) is 0. The van der Waals surface area contributed by atoms with E-state index in [0.29, 0.717) is 35.3 Å². The zero-order valence-electron chi connectivity index (χ0n) is 17.5. The van der Waals surface area contributed by atoms with Crippen LogP contribution in [0.2, 0.25) is 0 Å². The van der Waals surface area contributed by atoms with Gasteiger partial charge in [-0.25, -0.2) is 4.39 Å². The van der Waals surface area contributed by atoms with Crippen molar-refractivity contribution < 1.29 is 18.7 Å². The van der Waals surface area contributed by atoms with Gasteiger partial charge in [0.2, 0.25) is 0 Å². The Hall–Kier alpha value is -2.73. The van der Waals surface area contributed by atoms with Gasteiger partial charge in [-0.2, -0.15) is 0 Å². The molecule has 2 aromatic carbocycles. The summed E-state index contributed by atoms with van der Waals surface area (Å²) in [5, 5.41) is 3.43. The second-order valence-electron chi connectivity index (χ2n) is 8.46. The molecule has 0 saturated carbocycles. The average molecular weight is 496 g/mol. The molecule has 1 heterocycles. The van der Waals surface area contributed by atoms with E-state index in [1.807, 2.05) is 18.2 Å². The van der Waals surface area contributed by atoms with Crippen LogP contribution in [0.5, 0.6) is 5.75 Å². The fourth-order valence-corrected chi connectivity index (χ4v) is 5.32. The standard InChI is InChI=1S/C26H23BrFNO3/c27-16-11-12-23(32-14-15-5-1-2-6-18(15)28)17(13-16)24-25-19(7-3-9-21(25)30)29-20-8-4-10-22(31)26(20)24/h1-2,5-6,11-13,24,29H,3-4,7-10,14H2. The molecule has 32 heavy (non-hydrogen) atoms. The topological polar surface area (TPSA) is 55.4 Å². The summed E-state index contributed by atoms with van der Waals surface area (Å²) < 4.78 is 21.1. The van der Waals surface area contributed by atoms with Crippen molar-refractivity contribution in [2.75, 3.05) is 0 Å². The molecule has 0 atom stereocenters. The van der Waals surface area contributed by atoms with Crippen LogP contribution in [0.15, 0.2) is 69.5 Å². The molecule has 1 aliphatic heterocycles. The van der Waals surface area contributed by atoms with Crippen molar-refractivity contribution in [2.24, 2.45) is 0 Å². The first-order chi connectivity index (χ1) is 15.5. The number of benzene rings is 2. The normalized spacial score (nSPS) is 18.9. The first-order valence-corrected chi connectivity index (χ1v) is 11.8. The minimum absolute atomic E-state index is 0.0615. The number of allylic oxidation sites excluding steroid dienone is 4. The van der Waals surface area contributed by atoms with Gasteiger partial charge in [0.1, 0.15) is 18.2 Å². The van der Waals surface area contributed by atoms with Gasteiger partial charge >= 0.3 is 0 Å². The van der Waals surface area contributed by atoms with Crippen LogP contribution in [0.4, 0.5) is 4.39 Å². The van der Waals surface area contributed by atoms with Crippen LogP contribution >= 0.6 is 15.9 Å². The van der Waals surface area contributed by atoms with Gasteiger partial charge in [0.15, 0.2) is 11.6 Å². The number of halogens is 2. The Morgan fingerprint density at radius 3 is 2.25 bits per heavy atom. The highest BCUT2D eigenvalue weighted by Gasteiger charge is 2.41. The molecule has 0 bridgehead atoms. The van der Waals surface area contributed by atoms with Crippen molar-refractivity contribution in [1.82, 2.24) is 5.32 Å². The van der Waals surface area contributed by atoms with E-state index in [2.05, 4.69) is 21.2 Å². The first-order valence-electron chi connectivity index (χ1n) is 11.0. The molecule has 0 aromatic heterocycles. The molecule has 0 spiro atoms. The quantitative estimate of drug-likeness (QED) is 0.576. The number of rotatable bonds is 4. The third kappa shape index (κ3) is 3.81. The average Bonchev–Trinajstić information content (AvgIpc) is 2.78. The molecule has 0 radical (unpaired) electrons. The smallest absolute Gasteiger partial charge is 0.161 e. The summed E-state index contributed by atoms with van der Waals surface area (Å²) in [6, 6.07) is 12.1. The van der Waals surface area contributed by atoms with Gasteiger partial charge in [-0.1, -0.05) is 34.1 Å². The molecular weight excluding hydrogens is 473 g/mol. The maximum Gasteiger partial charge on any atom is 0.161 e. The lowest BCUT2D eigenvalue weighted by molar-refractivity contribution is -0.116. The maximum atomic E-state index is 14.2. The van der Waals surface area contributed by atoms with Crippen LogP contribution in [0.3, 0.4) is 0 Å². The van der Waals surface area contributed by atoms with Crippen molar-refractivity contribution in [2.45, 2.75) is 51.0 Å². The van der Waals surface area contributed by atoms with Gasteiger partial charge < -0.3 is 10.1 Å². The Bertz CT molecular complexity index is 1140. The van der Waals surface area contributed by atoms with E-state index in [1.165, 1.54) is 6.07 Å². The number of carbonyl (C=O) groups is 2. The van der Waals surface area contributed by atoms with Crippen LogP contribution < -0.4 is 10.1 Å². The molecule has 1 N–H and O–H groups in total. The zero-order valence-corrected chi connectivity index (χ0v) is 19.1. The van der Waals surface area contributed by atoms with Gasteiger partial charge in [-0.3, -0.25) is 9.59 Å². The van der Waals surface area contributed by atoms with Gasteiger partial charge in [0.25, 0.3) is 0 Å². The van der Waals surface area contributed by atoms with E-state index in [9.17, 15) is 14.0 Å². The lowest BCUT2D eigenvalue weighted by Gasteiger charge is -2.37.